The van der Waals surface area contributed by atoms with Gasteiger partial charge in [-0.25, -0.2) is 0 Å². The van der Waals surface area contributed by atoms with Crippen molar-refractivity contribution in [3.05, 3.63) is 64.2 Å². The van der Waals surface area contributed by atoms with Gasteiger partial charge in [0.25, 0.3) is 5.91 Å². The summed E-state index contributed by atoms with van der Waals surface area (Å²) in [5.74, 6) is -0.688. The third-order valence-electron chi connectivity index (χ3n) is 5.43. The number of piperidine rings is 1. The lowest BCUT2D eigenvalue weighted by Crippen LogP contribution is -2.53. The van der Waals surface area contributed by atoms with Crippen molar-refractivity contribution in [1.29, 1.82) is 5.26 Å². The van der Waals surface area contributed by atoms with Crippen LogP contribution in [0.25, 0.3) is 0 Å². The fourth-order valence-electron chi connectivity index (χ4n) is 3.71. The maximum absolute atomic E-state index is 13.2. The highest BCUT2D eigenvalue weighted by molar-refractivity contribution is 6.32. The van der Waals surface area contributed by atoms with Crippen LogP contribution in [0.2, 0.25) is 5.02 Å². The zero-order valence-corrected chi connectivity index (χ0v) is 16.7. The zero-order valence-electron chi connectivity index (χ0n) is 16.0. The average molecular weight is 414 g/mol. The number of rotatable bonds is 6. The molecule has 2 aromatic rings. The Bertz CT molecular complexity index is 905. The molecule has 1 heterocycles. The summed E-state index contributed by atoms with van der Waals surface area (Å²) in [6.07, 6.45) is 1.54. The Morgan fingerprint density at radius 3 is 2.45 bits per heavy atom. The lowest BCUT2D eigenvalue weighted by molar-refractivity contribution is -0.141. The maximum Gasteiger partial charge on any atom is 0.256 e. The second-order valence-electron chi connectivity index (χ2n) is 7.36. The zero-order chi connectivity index (χ0) is 20.9. The largest absolute Gasteiger partial charge is 0.392 e. The van der Waals surface area contributed by atoms with Gasteiger partial charge in [-0.05, 0) is 61.2 Å². The summed E-state index contributed by atoms with van der Waals surface area (Å²) in [4.78, 5) is 13.2. The number of anilines is 1. The fourth-order valence-corrected chi connectivity index (χ4v) is 3.93. The number of carbonyl (C=O) groups is 1. The number of aliphatic hydroxyl groups is 2. The highest BCUT2D eigenvalue weighted by atomic mass is 35.5. The number of benzene rings is 2. The van der Waals surface area contributed by atoms with E-state index < -0.39 is 11.5 Å². The van der Waals surface area contributed by atoms with E-state index in [1.807, 2.05) is 18.2 Å². The molecule has 2 aromatic carbocycles. The minimum atomic E-state index is -1.59. The van der Waals surface area contributed by atoms with Gasteiger partial charge in [0.15, 0.2) is 0 Å². The molecule has 0 radical (unpaired) electrons. The smallest absolute Gasteiger partial charge is 0.256 e. The van der Waals surface area contributed by atoms with Crippen LogP contribution in [-0.4, -0.2) is 34.8 Å². The van der Waals surface area contributed by atoms with Crippen LogP contribution in [0.1, 0.15) is 29.5 Å². The number of nitrogens with zero attached hydrogens (tertiary/aromatic N) is 1. The van der Waals surface area contributed by atoms with Crippen molar-refractivity contribution in [2.45, 2.75) is 31.5 Å². The monoisotopic (exact) mass is 413 g/mol. The maximum atomic E-state index is 13.2. The summed E-state index contributed by atoms with van der Waals surface area (Å²) >= 11 is 6.07. The van der Waals surface area contributed by atoms with Crippen molar-refractivity contribution in [3.63, 3.8) is 0 Å². The van der Waals surface area contributed by atoms with Crippen LogP contribution in [0.15, 0.2) is 42.5 Å². The highest BCUT2D eigenvalue weighted by Gasteiger charge is 2.44. The second kappa shape index (κ2) is 9.38. The molecule has 152 valence electrons. The van der Waals surface area contributed by atoms with Crippen LogP contribution in [0.4, 0.5) is 5.69 Å². The Morgan fingerprint density at radius 2 is 1.86 bits per heavy atom. The minimum Gasteiger partial charge on any atom is -0.392 e. The molecule has 0 aliphatic carbocycles. The van der Waals surface area contributed by atoms with E-state index in [0.717, 1.165) is 24.2 Å². The Labute approximate surface area is 175 Å². The van der Waals surface area contributed by atoms with E-state index in [1.54, 1.807) is 18.2 Å². The highest BCUT2D eigenvalue weighted by Crippen LogP contribution is 2.32. The first-order chi connectivity index (χ1) is 14.0. The molecule has 1 fully saturated rings. The number of amides is 1. The van der Waals surface area contributed by atoms with Gasteiger partial charge in [0, 0.05) is 12.1 Å². The van der Waals surface area contributed by atoms with Gasteiger partial charge < -0.3 is 20.8 Å². The van der Waals surface area contributed by atoms with Crippen LogP contribution in [-0.2, 0) is 17.8 Å². The summed E-state index contributed by atoms with van der Waals surface area (Å²) in [5.41, 5.74) is 0.750. The molecule has 1 aliphatic heterocycles. The van der Waals surface area contributed by atoms with Gasteiger partial charge in [-0.3, -0.25) is 4.79 Å². The van der Waals surface area contributed by atoms with Crippen molar-refractivity contribution >= 4 is 23.2 Å². The Kier molecular flexibility index (Phi) is 6.88. The first-order valence-corrected chi connectivity index (χ1v) is 9.97. The van der Waals surface area contributed by atoms with Crippen molar-refractivity contribution in [2.75, 3.05) is 18.4 Å². The van der Waals surface area contributed by atoms with Crippen molar-refractivity contribution in [1.82, 2.24) is 5.32 Å². The van der Waals surface area contributed by atoms with Gasteiger partial charge in [0.05, 0.1) is 17.2 Å². The van der Waals surface area contributed by atoms with Gasteiger partial charge >= 0.3 is 0 Å². The summed E-state index contributed by atoms with van der Waals surface area (Å²) in [6, 6.07) is 13.8. The van der Waals surface area contributed by atoms with E-state index in [9.17, 15) is 15.0 Å². The van der Waals surface area contributed by atoms with E-state index in [0.29, 0.717) is 24.1 Å². The normalized spacial score (nSPS) is 16.6. The molecule has 6 nitrogen and oxygen atoms in total. The number of aliphatic hydroxyl groups excluding tert-OH is 1. The summed E-state index contributed by atoms with van der Waals surface area (Å²) < 4.78 is 0. The molecule has 1 aliphatic rings. The quantitative estimate of drug-likeness (QED) is 0.582. The SMILES string of the molecule is N#Cc1ccc(NC(=O)C(O)(Cc2ccc(CO)cc2)C2CCNCC2)cc1Cl. The van der Waals surface area contributed by atoms with Crippen LogP contribution in [0.5, 0.6) is 0 Å². The molecule has 4 N–H and O–H groups in total. The third-order valence-corrected chi connectivity index (χ3v) is 5.75. The standard InChI is InChI=1S/C22H24ClN3O3/c23-20-11-19(6-5-17(20)13-24)26-21(28)22(29,18-7-9-25-10-8-18)12-15-1-3-16(14-27)4-2-15/h1-6,11,18,25,27,29H,7-10,12,14H2,(H,26,28). The van der Waals surface area contributed by atoms with Gasteiger partial charge in [0.2, 0.25) is 0 Å². The Hall–Kier alpha value is -2.43. The van der Waals surface area contributed by atoms with E-state index >= 15 is 0 Å². The molecular weight excluding hydrogens is 390 g/mol. The molecule has 0 aromatic heterocycles. The predicted molar refractivity (Wildman–Crippen MR) is 111 cm³/mol. The average Bonchev–Trinajstić information content (AvgIpc) is 2.75. The Balaban J connectivity index is 1.86. The van der Waals surface area contributed by atoms with Crippen LogP contribution >= 0.6 is 11.6 Å². The molecule has 7 heteroatoms. The van der Waals surface area contributed by atoms with E-state index in [-0.39, 0.29) is 24.0 Å². The predicted octanol–water partition coefficient (Wildman–Crippen LogP) is 2.62. The number of hydrogen-bond donors (Lipinski definition) is 4. The van der Waals surface area contributed by atoms with E-state index in [2.05, 4.69) is 10.6 Å². The van der Waals surface area contributed by atoms with Crippen molar-refractivity contribution < 1.29 is 15.0 Å². The summed E-state index contributed by atoms with van der Waals surface area (Å²) in [5, 5.41) is 36.0. The van der Waals surface area contributed by atoms with Gasteiger partial charge in [-0.1, -0.05) is 35.9 Å². The fraction of sp³-hybridized carbons (Fsp3) is 0.364. The molecule has 1 atom stereocenters. The van der Waals surface area contributed by atoms with Gasteiger partial charge in [0.1, 0.15) is 11.7 Å². The second-order valence-corrected chi connectivity index (χ2v) is 7.77. The van der Waals surface area contributed by atoms with E-state index in [4.69, 9.17) is 16.9 Å². The molecule has 1 unspecified atom stereocenters. The third kappa shape index (κ3) is 4.95. The number of hydrogen-bond acceptors (Lipinski definition) is 5. The number of carbonyl (C=O) groups excluding carboxylic acids is 1. The summed E-state index contributed by atoms with van der Waals surface area (Å²) in [6.45, 7) is 1.43. The summed E-state index contributed by atoms with van der Waals surface area (Å²) in [7, 11) is 0. The molecule has 0 spiro atoms. The number of nitrogens with one attached hydrogen (secondary N) is 2. The van der Waals surface area contributed by atoms with Gasteiger partial charge in [-0.15, -0.1) is 0 Å². The molecule has 1 saturated heterocycles. The molecule has 0 saturated carbocycles. The van der Waals surface area contributed by atoms with Crippen molar-refractivity contribution in [3.8, 4) is 6.07 Å². The first kappa shape index (κ1) is 21.3. The minimum absolute atomic E-state index is 0.0568. The topological polar surface area (TPSA) is 105 Å². The molecule has 3 rings (SSSR count). The van der Waals surface area contributed by atoms with Crippen LogP contribution in [0, 0.1) is 17.2 Å². The molecule has 1 amide bonds. The molecule has 0 bridgehead atoms. The van der Waals surface area contributed by atoms with Crippen LogP contribution < -0.4 is 10.6 Å². The van der Waals surface area contributed by atoms with Gasteiger partial charge in [-0.2, -0.15) is 5.26 Å². The number of halogens is 1. The Morgan fingerprint density at radius 1 is 1.21 bits per heavy atom. The first-order valence-electron chi connectivity index (χ1n) is 9.59. The number of nitriles is 1. The van der Waals surface area contributed by atoms with E-state index in [1.165, 1.54) is 12.1 Å². The molecule has 29 heavy (non-hydrogen) atoms. The van der Waals surface area contributed by atoms with Crippen LogP contribution in [0.3, 0.4) is 0 Å². The molecular formula is C22H24ClN3O3. The lowest BCUT2D eigenvalue weighted by Gasteiger charge is -2.37. The van der Waals surface area contributed by atoms with Crippen molar-refractivity contribution in [2.24, 2.45) is 5.92 Å². The lowest BCUT2D eigenvalue weighted by atomic mass is 9.76.